The fraction of sp³-hybridized carbons (Fsp3) is 0.348. The molecule has 1 fully saturated rings. The van der Waals surface area contributed by atoms with Crippen LogP contribution < -0.4 is 4.90 Å². The summed E-state index contributed by atoms with van der Waals surface area (Å²) in [5.41, 5.74) is 2.03. The molecule has 174 valence electrons. The third-order valence-corrected chi connectivity index (χ3v) is 6.49. The smallest absolute Gasteiger partial charge is 0.413 e. The van der Waals surface area contributed by atoms with E-state index in [-0.39, 0.29) is 17.7 Å². The van der Waals surface area contributed by atoms with Gasteiger partial charge in [-0.2, -0.15) is 13.2 Å². The van der Waals surface area contributed by atoms with Gasteiger partial charge in [0, 0.05) is 30.3 Å². The predicted molar refractivity (Wildman–Crippen MR) is 120 cm³/mol. The maximum Gasteiger partial charge on any atom is 0.470 e. The van der Waals surface area contributed by atoms with Crippen LogP contribution in [0.3, 0.4) is 0 Å². The molecule has 0 saturated carbocycles. The first-order valence-corrected chi connectivity index (χ1v) is 11.7. The van der Waals surface area contributed by atoms with E-state index in [1.807, 2.05) is 36.6 Å². The first-order chi connectivity index (χ1) is 15.8. The minimum absolute atomic E-state index is 0.0490. The third-order valence-electron chi connectivity index (χ3n) is 5.60. The molecule has 0 unspecified atom stereocenters. The Labute approximate surface area is 193 Å². The fourth-order valence-electron chi connectivity index (χ4n) is 3.80. The number of nitrogens with zero attached hydrogens (tertiary/aromatic N) is 4. The molecule has 0 atom stereocenters. The first-order valence-electron chi connectivity index (χ1n) is 10.5. The molecule has 0 radical (unpaired) electrons. The van der Waals surface area contributed by atoms with Gasteiger partial charge in [-0.3, -0.25) is 9.10 Å². The Morgan fingerprint density at radius 2 is 1.76 bits per heavy atom. The van der Waals surface area contributed by atoms with Crippen molar-refractivity contribution in [3.05, 3.63) is 66.1 Å². The number of hydrogen-bond donors (Lipinski definition) is 0. The van der Waals surface area contributed by atoms with E-state index in [9.17, 15) is 18.0 Å². The van der Waals surface area contributed by atoms with Gasteiger partial charge >= 0.3 is 12.1 Å². The van der Waals surface area contributed by atoms with Crippen LogP contribution in [0.5, 0.6) is 0 Å². The second kappa shape index (κ2) is 9.96. The summed E-state index contributed by atoms with van der Waals surface area (Å²) < 4.78 is 45.2. The summed E-state index contributed by atoms with van der Waals surface area (Å²) in [5, 5.41) is 6.55. The van der Waals surface area contributed by atoms with Crippen LogP contribution in [0, 0.1) is 5.92 Å². The number of anilines is 1. The summed E-state index contributed by atoms with van der Waals surface area (Å²) in [6.45, 7) is 2.10. The third kappa shape index (κ3) is 5.56. The number of alkyl halides is 3. The van der Waals surface area contributed by atoms with Crippen molar-refractivity contribution in [1.29, 1.82) is 0 Å². The minimum Gasteiger partial charge on any atom is -0.413 e. The van der Waals surface area contributed by atoms with Crippen LogP contribution in [-0.4, -0.2) is 39.8 Å². The Kier molecular flexibility index (Phi) is 7.04. The van der Waals surface area contributed by atoms with Crippen molar-refractivity contribution in [2.45, 2.75) is 25.6 Å². The molecule has 0 N–H and O–H groups in total. The van der Waals surface area contributed by atoms with Gasteiger partial charge in [0.25, 0.3) is 0 Å². The van der Waals surface area contributed by atoms with E-state index in [1.54, 1.807) is 41.1 Å². The summed E-state index contributed by atoms with van der Waals surface area (Å²) in [5.74, 6) is -1.55. The van der Waals surface area contributed by atoms with Gasteiger partial charge in [0.2, 0.25) is 11.8 Å². The molecule has 1 amide bonds. The summed E-state index contributed by atoms with van der Waals surface area (Å²) in [4.78, 5) is 15.2. The van der Waals surface area contributed by atoms with Gasteiger partial charge in [-0.15, -0.1) is 10.2 Å². The number of piperidine rings is 1. The number of amides is 1. The number of para-hydroxylation sites is 1. The van der Waals surface area contributed by atoms with E-state index in [2.05, 4.69) is 14.5 Å². The average molecular weight is 477 g/mol. The summed E-state index contributed by atoms with van der Waals surface area (Å²) in [6.07, 6.45) is -1.03. The largest absolute Gasteiger partial charge is 0.470 e. The van der Waals surface area contributed by atoms with Gasteiger partial charge in [0.15, 0.2) is 0 Å². The zero-order valence-electron chi connectivity index (χ0n) is 18.0. The monoisotopic (exact) mass is 476 g/mol. The van der Waals surface area contributed by atoms with Gasteiger partial charge in [-0.1, -0.05) is 42.3 Å². The zero-order valence-corrected chi connectivity index (χ0v) is 18.8. The van der Waals surface area contributed by atoms with Crippen LogP contribution in [0.2, 0.25) is 0 Å². The maximum absolute atomic E-state index is 13.4. The average Bonchev–Trinajstić information content (AvgIpc) is 3.34. The van der Waals surface area contributed by atoms with Gasteiger partial charge in [0.05, 0.1) is 6.54 Å². The van der Waals surface area contributed by atoms with E-state index in [1.165, 1.54) is 0 Å². The summed E-state index contributed by atoms with van der Waals surface area (Å²) in [7, 11) is 0. The van der Waals surface area contributed by atoms with Gasteiger partial charge in [0.1, 0.15) is 0 Å². The van der Waals surface area contributed by atoms with Gasteiger partial charge < -0.3 is 9.32 Å². The van der Waals surface area contributed by atoms with Gasteiger partial charge in [-0.05, 0) is 48.9 Å². The molecular formula is C23H23F3N4O2S. The molecule has 1 saturated heterocycles. The maximum atomic E-state index is 13.4. The lowest BCUT2D eigenvalue weighted by Crippen LogP contribution is -2.40. The lowest BCUT2D eigenvalue weighted by Gasteiger charge is -2.33. The van der Waals surface area contributed by atoms with Crippen molar-refractivity contribution in [2.75, 3.05) is 24.2 Å². The van der Waals surface area contributed by atoms with E-state index < -0.39 is 12.1 Å². The van der Waals surface area contributed by atoms with Crippen LogP contribution in [0.4, 0.5) is 18.9 Å². The van der Waals surface area contributed by atoms with E-state index >= 15 is 0 Å². The van der Waals surface area contributed by atoms with Crippen LogP contribution in [0.1, 0.15) is 24.3 Å². The number of benzene rings is 2. The lowest BCUT2D eigenvalue weighted by atomic mass is 9.96. The van der Waals surface area contributed by atoms with Crippen molar-refractivity contribution in [1.82, 2.24) is 14.5 Å². The number of hydrogen-bond acceptors (Lipinski definition) is 6. The van der Waals surface area contributed by atoms with Crippen molar-refractivity contribution in [2.24, 2.45) is 5.92 Å². The minimum atomic E-state index is -4.69. The SMILES string of the molecule is CSN1CCC(C(=O)N(Cc2ccc(-c3nnc(C(F)(F)F)o3)cc2)c2ccccc2)CC1. The fourth-order valence-corrected chi connectivity index (χ4v) is 4.38. The molecule has 0 aliphatic carbocycles. The van der Waals surface area contributed by atoms with E-state index in [4.69, 9.17) is 4.42 Å². The molecule has 0 bridgehead atoms. The predicted octanol–water partition coefficient (Wildman–Crippen LogP) is 5.28. The summed E-state index contributed by atoms with van der Waals surface area (Å²) >= 11 is 1.70. The number of carbonyl (C=O) groups is 1. The Morgan fingerprint density at radius 3 is 2.33 bits per heavy atom. The molecule has 4 rings (SSSR count). The molecule has 10 heteroatoms. The van der Waals surface area contributed by atoms with Crippen molar-refractivity contribution >= 4 is 23.5 Å². The highest BCUT2D eigenvalue weighted by Gasteiger charge is 2.38. The lowest BCUT2D eigenvalue weighted by molar-refractivity contribution is -0.156. The Balaban J connectivity index is 1.52. The first kappa shape index (κ1) is 23.3. The second-order valence-electron chi connectivity index (χ2n) is 7.75. The topological polar surface area (TPSA) is 62.5 Å². The van der Waals surface area contributed by atoms with Crippen LogP contribution in [0.15, 0.2) is 59.0 Å². The molecule has 0 spiro atoms. The molecule has 3 aromatic rings. The Morgan fingerprint density at radius 1 is 1.09 bits per heavy atom. The number of aromatic nitrogens is 2. The van der Waals surface area contributed by atoms with Crippen LogP contribution in [0.25, 0.3) is 11.5 Å². The number of carbonyl (C=O) groups excluding carboxylic acids is 1. The van der Waals surface area contributed by atoms with Crippen LogP contribution in [-0.2, 0) is 17.5 Å². The normalized spacial score (nSPS) is 15.5. The van der Waals surface area contributed by atoms with Crippen molar-refractivity contribution in [3.63, 3.8) is 0 Å². The molecule has 2 heterocycles. The standard InChI is InChI=1S/C23H23F3N4O2S/c1-33-29-13-11-18(12-14-29)21(31)30(19-5-3-2-4-6-19)15-16-7-9-17(10-8-16)20-27-28-22(32-20)23(24,25)26/h2-10,18H,11-15H2,1H3. The molecule has 33 heavy (non-hydrogen) atoms. The molecule has 1 aliphatic rings. The van der Waals surface area contributed by atoms with Crippen LogP contribution >= 0.6 is 11.9 Å². The summed E-state index contributed by atoms with van der Waals surface area (Å²) in [6, 6.07) is 16.2. The molecule has 2 aromatic carbocycles. The number of halogens is 3. The van der Waals surface area contributed by atoms with E-state index in [0.29, 0.717) is 12.1 Å². The van der Waals surface area contributed by atoms with Gasteiger partial charge in [-0.25, -0.2) is 0 Å². The zero-order chi connectivity index (χ0) is 23.4. The molecule has 6 nitrogen and oxygen atoms in total. The highest BCUT2D eigenvalue weighted by molar-refractivity contribution is 7.96. The number of rotatable bonds is 6. The second-order valence-corrected chi connectivity index (χ2v) is 8.63. The molecule has 1 aromatic heterocycles. The quantitative estimate of drug-likeness (QED) is 0.451. The van der Waals surface area contributed by atoms with E-state index in [0.717, 1.165) is 37.2 Å². The van der Waals surface area contributed by atoms with Crippen molar-refractivity contribution in [3.8, 4) is 11.5 Å². The molecule has 1 aliphatic heterocycles. The highest BCUT2D eigenvalue weighted by atomic mass is 32.2. The highest BCUT2D eigenvalue weighted by Crippen LogP contribution is 2.31. The van der Waals surface area contributed by atoms with Crippen molar-refractivity contribution < 1.29 is 22.4 Å². The Hall–Kier alpha value is -2.85. The molecular weight excluding hydrogens is 453 g/mol. The Bertz CT molecular complexity index is 1070.